The SMILES string of the molecule is Cc1cccc2oc3c(=O)c4ccccc4oc3c12. The highest BCUT2D eigenvalue weighted by Crippen LogP contribution is 2.31. The minimum absolute atomic E-state index is 0.118. The fourth-order valence-corrected chi connectivity index (χ4v) is 2.51. The number of hydrogen-bond donors (Lipinski definition) is 0. The first-order valence-corrected chi connectivity index (χ1v) is 6.09. The van der Waals surface area contributed by atoms with Crippen molar-refractivity contribution in [1.29, 1.82) is 0 Å². The molecule has 0 saturated heterocycles. The molecule has 0 spiro atoms. The van der Waals surface area contributed by atoms with Crippen molar-refractivity contribution >= 4 is 33.1 Å². The minimum atomic E-state index is -0.118. The summed E-state index contributed by atoms with van der Waals surface area (Å²) in [5.74, 6) is 0. The maximum atomic E-state index is 12.4. The van der Waals surface area contributed by atoms with E-state index in [1.165, 1.54) is 0 Å². The molecular formula is C16H10O3. The molecule has 0 amide bonds. The van der Waals surface area contributed by atoms with Crippen LogP contribution in [0.15, 0.2) is 56.1 Å². The topological polar surface area (TPSA) is 43.4 Å². The van der Waals surface area contributed by atoms with Gasteiger partial charge in [-0.2, -0.15) is 0 Å². The van der Waals surface area contributed by atoms with Gasteiger partial charge in [-0.1, -0.05) is 24.3 Å². The maximum Gasteiger partial charge on any atom is 0.235 e. The third kappa shape index (κ3) is 1.30. The lowest BCUT2D eigenvalue weighted by Crippen LogP contribution is -1.99. The molecule has 2 heterocycles. The molecule has 0 bridgehead atoms. The first-order chi connectivity index (χ1) is 9.25. The van der Waals surface area contributed by atoms with Crippen molar-refractivity contribution in [3.63, 3.8) is 0 Å². The summed E-state index contributed by atoms with van der Waals surface area (Å²) in [6.45, 7) is 1.98. The normalized spacial score (nSPS) is 11.6. The lowest BCUT2D eigenvalue weighted by molar-refractivity contribution is 0.630. The predicted octanol–water partition coefficient (Wildman–Crippen LogP) is 4.00. The van der Waals surface area contributed by atoms with E-state index in [4.69, 9.17) is 8.83 Å². The van der Waals surface area contributed by atoms with Crippen LogP contribution in [-0.4, -0.2) is 0 Å². The second-order valence-corrected chi connectivity index (χ2v) is 4.64. The Morgan fingerprint density at radius 3 is 2.47 bits per heavy atom. The van der Waals surface area contributed by atoms with E-state index in [0.29, 0.717) is 27.7 Å². The third-order valence-corrected chi connectivity index (χ3v) is 3.43. The third-order valence-electron chi connectivity index (χ3n) is 3.43. The van der Waals surface area contributed by atoms with Crippen LogP contribution in [0.2, 0.25) is 0 Å². The van der Waals surface area contributed by atoms with E-state index >= 15 is 0 Å². The van der Waals surface area contributed by atoms with Gasteiger partial charge < -0.3 is 8.83 Å². The van der Waals surface area contributed by atoms with Crippen molar-refractivity contribution in [3.8, 4) is 0 Å². The Hall–Kier alpha value is -2.55. The van der Waals surface area contributed by atoms with Crippen molar-refractivity contribution in [2.24, 2.45) is 0 Å². The van der Waals surface area contributed by atoms with Gasteiger partial charge in [0.25, 0.3) is 0 Å². The Bertz CT molecular complexity index is 989. The molecule has 2 aromatic heterocycles. The van der Waals surface area contributed by atoms with Crippen LogP contribution >= 0.6 is 0 Å². The zero-order chi connectivity index (χ0) is 13.0. The highest BCUT2D eigenvalue weighted by molar-refractivity contribution is 6.05. The summed E-state index contributed by atoms with van der Waals surface area (Å²) < 4.78 is 11.5. The van der Waals surface area contributed by atoms with E-state index in [1.807, 2.05) is 37.3 Å². The summed E-state index contributed by atoms with van der Waals surface area (Å²) in [5.41, 5.74) is 3.03. The molecule has 0 fully saturated rings. The molecule has 19 heavy (non-hydrogen) atoms. The molecule has 0 aliphatic rings. The number of fused-ring (bicyclic) bond motifs is 4. The van der Waals surface area contributed by atoms with Gasteiger partial charge in [-0.15, -0.1) is 0 Å². The molecule has 0 atom stereocenters. The lowest BCUT2D eigenvalue weighted by Gasteiger charge is -1.97. The summed E-state index contributed by atoms with van der Waals surface area (Å²) in [6, 6.07) is 13.0. The Morgan fingerprint density at radius 2 is 1.58 bits per heavy atom. The van der Waals surface area contributed by atoms with Crippen molar-refractivity contribution in [2.45, 2.75) is 6.92 Å². The molecule has 4 aromatic rings. The number of rotatable bonds is 0. The van der Waals surface area contributed by atoms with Crippen LogP contribution in [0.5, 0.6) is 0 Å². The van der Waals surface area contributed by atoms with Gasteiger partial charge in [0.05, 0.1) is 10.8 Å². The highest BCUT2D eigenvalue weighted by atomic mass is 16.4. The molecule has 0 saturated carbocycles. The number of aryl methyl sites for hydroxylation is 1. The molecule has 0 unspecified atom stereocenters. The average molecular weight is 250 g/mol. The van der Waals surface area contributed by atoms with E-state index < -0.39 is 0 Å². The molecular weight excluding hydrogens is 240 g/mol. The Labute approximate surface area is 108 Å². The highest BCUT2D eigenvalue weighted by Gasteiger charge is 2.16. The number of para-hydroxylation sites is 1. The number of furan rings is 1. The zero-order valence-electron chi connectivity index (χ0n) is 10.3. The minimum Gasteiger partial charge on any atom is -0.452 e. The molecule has 4 rings (SSSR count). The largest absolute Gasteiger partial charge is 0.452 e. The second kappa shape index (κ2) is 3.48. The molecule has 3 nitrogen and oxygen atoms in total. The smallest absolute Gasteiger partial charge is 0.235 e. The fourth-order valence-electron chi connectivity index (χ4n) is 2.51. The van der Waals surface area contributed by atoms with E-state index in [0.717, 1.165) is 10.9 Å². The first-order valence-electron chi connectivity index (χ1n) is 6.09. The summed E-state index contributed by atoms with van der Waals surface area (Å²) >= 11 is 0. The van der Waals surface area contributed by atoms with Crippen LogP contribution in [0.25, 0.3) is 33.1 Å². The molecule has 0 N–H and O–H groups in total. The first kappa shape index (κ1) is 10.4. The van der Waals surface area contributed by atoms with E-state index in [-0.39, 0.29) is 5.43 Å². The van der Waals surface area contributed by atoms with E-state index in [2.05, 4.69) is 0 Å². The zero-order valence-corrected chi connectivity index (χ0v) is 10.3. The Balaban J connectivity index is 2.38. The van der Waals surface area contributed by atoms with Crippen LogP contribution < -0.4 is 5.43 Å². The van der Waals surface area contributed by atoms with Crippen LogP contribution in [0.3, 0.4) is 0 Å². The van der Waals surface area contributed by atoms with Gasteiger partial charge >= 0.3 is 0 Å². The van der Waals surface area contributed by atoms with Crippen LogP contribution in [0, 0.1) is 6.92 Å². The van der Waals surface area contributed by atoms with Gasteiger partial charge in [0.15, 0.2) is 5.58 Å². The Kier molecular flexibility index (Phi) is 1.90. The number of hydrogen-bond acceptors (Lipinski definition) is 3. The number of benzene rings is 2. The molecule has 0 radical (unpaired) electrons. The van der Waals surface area contributed by atoms with E-state index in [1.54, 1.807) is 12.1 Å². The molecule has 92 valence electrons. The van der Waals surface area contributed by atoms with Crippen molar-refractivity contribution < 1.29 is 8.83 Å². The molecule has 0 aliphatic carbocycles. The Morgan fingerprint density at radius 1 is 0.842 bits per heavy atom. The predicted molar refractivity (Wildman–Crippen MR) is 74.5 cm³/mol. The summed E-state index contributed by atoms with van der Waals surface area (Å²) in [4.78, 5) is 12.4. The lowest BCUT2D eigenvalue weighted by atomic mass is 10.1. The van der Waals surface area contributed by atoms with Gasteiger partial charge in [0.2, 0.25) is 11.0 Å². The monoisotopic (exact) mass is 250 g/mol. The quantitative estimate of drug-likeness (QED) is 0.473. The van der Waals surface area contributed by atoms with Crippen LogP contribution in [-0.2, 0) is 0 Å². The van der Waals surface area contributed by atoms with Crippen LogP contribution in [0.4, 0.5) is 0 Å². The summed E-state index contributed by atoms with van der Waals surface area (Å²) in [7, 11) is 0. The van der Waals surface area contributed by atoms with Crippen LogP contribution in [0.1, 0.15) is 5.56 Å². The van der Waals surface area contributed by atoms with Crippen molar-refractivity contribution in [3.05, 3.63) is 58.3 Å². The summed E-state index contributed by atoms with van der Waals surface area (Å²) in [5, 5.41) is 1.42. The molecule has 2 aromatic carbocycles. The standard InChI is InChI=1S/C16H10O3/c1-9-5-4-8-12-13(9)15-16(19-12)14(17)10-6-2-3-7-11(10)18-15/h2-8H,1H3. The molecule has 3 heteroatoms. The average Bonchev–Trinajstić information content (AvgIpc) is 2.79. The second-order valence-electron chi connectivity index (χ2n) is 4.64. The fraction of sp³-hybridized carbons (Fsp3) is 0.0625. The molecule has 0 aliphatic heterocycles. The van der Waals surface area contributed by atoms with Gasteiger partial charge in [0.1, 0.15) is 11.2 Å². The van der Waals surface area contributed by atoms with E-state index in [9.17, 15) is 4.79 Å². The van der Waals surface area contributed by atoms with Gasteiger partial charge in [0, 0.05) is 0 Å². The van der Waals surface area contributed by atoms with Crippen molar-refractivity contribution in [1.82, 2.24) is 0 Å². The maximum absolute atomic E-state index is 12.4. The summed E-state index contributed by atoms with van der Waals surface area (Å²) in [6.07, 6.45) is 0. The van der Waals surface area contributed by atoms with Gasteiger partial charge in [-0.3, -0.25) is 4.79 Å². The van der Waals surface area contributed by atoms with Gasteiger partial charge in [-0.25, -0.2) is 0 Å². The van der Waals surface area contributed by atoms with Crippen molar-refractivity contribution in [2.75, 3.05) is 0 Å². The van der Waals surface area contributed by atoms with Gasteiger partial charge in [-0.05, 0) is 30.7 Å².